The lowest BCUT2D eigenvalue weighted by Crippen LogP contribution is -2.54. The number of nitriles is 1. The lowest BCUT2D eigenvalue weighted by molar-refractivity contribution is -0.131. The number of rotatable bonds is 4. The van der Waals surface area contributed by atoms with Crippen LogP contribution in [0.2, 0.25) is 0 Å². The molecule has 1 unspecified atom stereocenters. The molecule has 2 heterocycles. The Balaban J connectivity index is 0.000000817. The minimum atomic E-state index is 0.145. The van der Waals surface area contributed by atoms with Crippen molar-refractivity contribution in [2.75, 3.05) is 25.0 Å². The number of benzene rings is 1. The van der Waals surface area contributed by atoms with E-state index in [2.05, 4.69) is 34.8 Å². The first-order valence-corrected chi connectivity index (χ1v) is 9.14. The molecule has 3 rings (SSSR count). The van der Waals surface area contributed by atoms with E-state index in [-0.39, 0.29) is 11.9 Å². The van der Waals surface area contributed by atoms with E-state index in [1.54, 1.807) is 19.2 Å². The minimum absolute atomic E-state index is 0.145. The van der Waals surface area contributed by atoms with Gasteiger partial charge in [0.05, 0.1) is 17.4 Å². The Bertz CT molecular complexity index is 837. The van der Waals surface area contributed by atoms with Crippen LogP contribution in [0, 0.1) is 11.3 Å². The van der Waals surface area contributed by atoms with Crippen molar-refractivity contribution < 1.29 is 4.79 Å². The van der Waals surface area contributed by atoms with Gasteiger partial charge in [-0.05, 0) is 30.7 Å². The number of piperazine rings is 1. The van der Waals surface area contributed by atoms with Crippen LogP contribution >= 0.6 is 0 Å². The van der Waals surface area contributed by atoms with E-state index in [0.29, 0.717) is 0 Å². The molecule has 1 aromatic heterocycles. The first-order valence-electron chi connectivity index (χ1n) is 9.14. The third-order valence-corrected chi connectivity index (χ3v) is 4.67. The van der Waals surface area contributed by atoms with Gasteiger partial charge in [-0.3, -0.25) is 9.78 Å². The molecular formula is C21H27N5O. The van der Waals surface area contributed by atoms with Crippen LogP contribution in [0.5, 0.6) is 0 Å². The zero-order valence-electron chi connectivity index (χ0n) is 16.3. The van der Waals surface area contributed by atoms with Crippen LogP contribution < -0.4 is 5.32 Å². The van der Waals surface area contributed by atoms with Gasteiger partial charge in [0.1, 0.15) is 0 Å². The molecule has 6 nitrogen and oxygen atoms in total. The Morgan fingerprint density at radius 2 is 2.11 bits per heavy atom. The molecule has 2 aromatic rings. The van der Waals surface area contributed by atoms with E-state index in [0.717, 1.165) is 48.5 Å². The molecule has 1 N–H and O–H groups in total. The second-order valence-electron chi connectivity index (χ2n) is 6.39. The average molecular weight is 365 g/mol. The number of anilines is 1. The fourth-order valence-electron chi connectivity index (χ4n) is 3.29. The second kappa shape index (κ2) is 9.58. The van der Waals surface area contributed by atoms with Crippen molar-refractivity contribution in [3.05, 3.63) is 48.9 Å². The highest BCUT2D eigenvalue weighted by molar-refractivity contribution is 5.91. The lowest BCUT2D eigenvalue weighted by atomic mass is 10.1. The average Bonchev–Trinajstić information content (AvgIpc) is 2.68. The molecule has 1 fully saturated rings. The Labute approximate surface area is 161 Å². The van der Waals surface area contributed by atoms with E-state index in [4.69, 9.17) is 5.26 Å². The van der Waals surface area contributed by atoms with Crippen LogP contribution in [-0.4, -0.2) is 46.4 Å². The second-order valence-corrected chi connectivity index (χ2v) is 6.39. The molecule has 142 valence electrons. The largest absolute Gasteiger partial charge is 0.352 e. The zero-order chi connectivity index (χ0) is 19.8. The number of aromatic nitrogens is 1. The topological polar surface area (TPSA) is 72.3 Å². The summed E-state index contributed by atoms with van der Waals surface area (Å²) in [4.78, 5) is 20.2. The number of hydrogen-bond acceptors (Lipinski definition) is 5. The van der Waals surface area contributed by atoms with Gasteiger partial charge >= 0.3 is 0 Å². The molecule has 1 aliphatic heterocycles. The molecule has 0 saturated carbocycles. The molecule has 1 saturated heterocycles. The highest BCUT2D eigenvalue weighted by Crippen LogP contribution is 2.25. The summed E-state index contributed by atoms with van der Waals surface area (Å²) in [7, 11) is 0. The van der Waals surface area contributed by atoms with E-state index in [1.165, 1.54) is 6.92 Å². The molecule has 0 radical (unpaired) electrons. The fourth-order valence-corrected chi connectivity index (χ4v) is 3.29. The summed E-state index contributed by atoms with van der Waals surface area (Å²) < 4.78 is 0. The number of carbonyl (C=O) groups is 1. The Kier molecular flexibility index (Phi) is 7.18. The molecule has 27 heavy (non-hydrogen) atoms. The number of carbonyl (C=O) groups excluding carboxylic acids is 1. The third kappa shape index (κ3) is 4.98. The zero-order valence-corrected chi connectivity index (χ0v) is 16.3. The molecule has 1 aliphatic rings. The summed E-state index contributed by atoms with van der Waals surface area (Å²) >= 11 is 0. The van der Waals surface area contributed by atoms with Crippen molar-refractivity contribution in [2.45, 2.75) is 33.2 Å². The smallest absolute Gasteiger partial charge is 0.219 e. The summed E-state index contributed by atoms with van der Waals surface area (Å²) in [5.41, 5.74) is 1.97. The van der Waals surface area contributed by atoms with Crippen molar-refractivity contribution in [1.29, 1.82) is 5.26 Å². The molecule has 0 aliphatic carbocycles. The first kappa shape index (κ1) is 20.2. The maximum atomic E-state index is 11.6. The first-order chi connectivity index (χ1) is 13.0. The number of nitrogens with zero attached hydrogens (tertiary/aromatic N) is 4. The lowest BCUT2D eigenvalue weighted by Gasteiger charge is -2.43. The van der Waals surface area contributed by atoms with Crippen molar-refractivity contribution in [3.63, 3.8) is 0 Å². The van der Waals surface area contributed by atoms with Crippen molar-refractivity contribution >= 4 is 22.5 Å². The number of pyridine rings is 1. The van der Waals surface area contributed by atoms with Crippen LogP contribution in [0.25, 0.3) is 10.9 Å². The standard InChI is InChI=1S/C19H24N4O.C2H3N/c1-4-16-13-22(15(3)24)11-12-23(16)14(2)21-19-9-5-8-18-17(19)7-6-10-20-18;1-2-3/h5-10,16,21H,2,4,11-13H2,1,3H3;1H3. The van der Waals surface area contributed by atoms with Gasteiger partial charge in [0, 0.05) is 56.8 Å². The Hall–Kier alpha value is -3.07. The molecule has 0 bridgehead atoms. The highest BCUT2D eigenvalue weighted by Gasteiger charge is 2.27. The summed E-state index contributed by atoms with van der Waals surface area (Å²) in [6.45, 7) is 11.7. The van der Waals surface area contributed by atoms with Gasteiger partial charge in [-0.2, -0.15) is 5.26 Å². The van der Waals surface area contributed by atoms with Gasteiger partial charge < -0.3 is 15.1 Å². The number of nitrogens with one attached hydrogen (secondary N) is 1. The van der Waals surface area contributed by atoms with E-state index < -0.39 is 0 Å². The SMILES string of the molecule is C=C(Nc1cccc2ncccc12)N1CCN(C(C)=O)CC1CC.CC#N. The van der Waals surface area contributed by atoms with Crippen LogP contribution in [0.1, 0.15) is 27.2 Å². The normalized spacial score (nSPS) is 16.1. The number of amides is 1. The van der Waals surface area contributed by atoms with Gasteiger partial charge in [0.2, 0.25) is 5.91 Å². The van der Waals surface area contributed by atoms with Gasteiger partial charge in [-0.1, -0.05) is 19.6 Å². The monoisotopic (exact) mass is 365 g/mol. The van der Waals surface area contributed by atoms with E-state index >= 15 is 0 Å². The van der Waals surface area contributed by atoms with Crippen molar-refractivity contribution in [1.82, 2.24) is 14.8 Å². The summed E-state index contributed by atoms with van der Waals surface area (Å²) in [6, 6.07) is 12.1. The fraction of sp³-hybridized carbons (Fsp3) is 0.381. The molecule has 6 heteroatoms. The predicted octanol–water partition coefficient (Wildman–Crippen LogP) is 3.59. The van der Waals surface area contributed by atoms with E-state index in [9.17, 15) is 4.79 Å². The predicted molar refractivity (Wildman–Crippen MR) is 109 cm³/mol. The minimum Gasteiger partial charge on any atom is -0.352 e. The Morgan fingerprint density at radius 3 is 2.78 bits per heavy atom. The maximum Gasteiger partial charge on any atom is 0.219 e. The number of fused-ring (bicyclic) bond motifs is 1. The summed E-state index contributed by atoms with van der Waals surface area (Å²) in [5, 5.41) is 11.9. The van der Waals surface area contributed by atoms with Crippen molar-refractivity contribution in [2.24, 2.45) is 0 Å². The molecule has 1 atom stereocenters. The van der Waals surface area contributed by atoms with E-state index in [1.807, 2.05) is 29.2 Å². The molecule has 0 spiro atoms. The Morgan fingerprint density at radius 1 is 1.37 bits per heavy atom. The van der Waals surface area contributed by atoms with Gasteiger partial charge in [-0.15, -0.1) is 0 Å². The van der Waals surface area contributed by atoms with Gasteiger partial charge in [0.25, 0.3) is 0 Å². The third-order valence-electron chi connectivity index (χ3n) is 4.67. The summed E-state index contributed by atoms with van der Waals surface area (Å²) in [5.74, 6) is 1.02. The maximum absolute atomic E-state index is 11.6. The van der Waals surface area contributed by atoms with Gasteiger partial charge in [0.15, 0.2) is 0 Å². The van der Waals surface area contributed by atoms with Crippen LogP contribution in [0.3, 0.4) is 0 Å². The summed E-state index contributed by atoms with van der Waals surface area (Å²) in [6.07, 6.45) is 2.77. The number of hydrogen-bond donors (Lipinski definition) is 1. The molecular weight excluding hydrogens is 338 g/mol. The quantitative estimate of drug-likeness (QED) is 0.896. The van der Waals surface area contributed by atoms with Crippen LogP contribution in [-0.2, 0) is 4.79 Å². The highest BCUT2D eigenvalue weighted by atomic mass is 16.2. The van der Waals surface area contributed by atoms with Crippen LogP contribution in [0.15, 0.2) is 48.9 Å². The molecule has 1 aromatic carbocycles. The molecule has 1 amide bonds. The van der Waals surface area contributed by atoms with Crippen molar-refractivity contribution in [3.8, 4) is 6.07 Å². The van der Waals surface area contributed by atoms with Crippen LogP contribution in [0.4, 0.5) is 5.69 Å². The van der Waals surface area contributed by atoms with Gasteiger partial charge in [-0.25, -0.2) is 0 Å².